The topological polar surface area (TPSA) is 138 Å². The number of primary amides is 1. The molecule has 5 N–H and O–H groups in total. The molecule has 3 aliphatic carbocycles. The Kier molecular flexibility index (Phi) is 4.14. The molecule has 0 saturated heterocycles. The Labute approximate surface area is 173 Å². The number of phenolic OH excluding ortho intramolecular Hbond substituents is 1. The summed E-state index contributed by atoms with van der Waals surface area (Å²) in [5.41, 5.74) is 5.69. The number of Topliss-reactive ketones (excluding diaryl/α,β-unsaturated/α-hetero) is 2. The Morgan fingerprint density at radius 3 is 2.46 bits per heavy atom. The van der Waals surface area contributed by atoms with Crippen molar-refractivity contribution in [3.05, 3.63) is 55.9 Å². The number of aliphatic hydroxyl groups is 2. The van der Waals surface area contributed by atoms with Crippen LogP contribution in [0.1, 0.15) is 17.5 Å². The lowest BCUT2D eigenvalue weighted by Gasteiger charge is -2.41. The van der Waals surface area contributed by atoms with Gasteiger partial charge < -0.3 is 21.1 Å². The number of nitrogens with two attached hydrogens (primary N) is 1. The fourth-order valence-electron chi connectivity index (χ4n) is 4.55. The van der Waals surface area contributed by atoms with Gasteiger partial charge in [-0.15, -0.1) is 0 Å². The standard InChI is InChI=1S/C20H16INO6/c1-6-8-4-7-5-9-10(21)2-3-11(23)13(9)17(25)12(7)18(26)14(8)19(27)15(16(6)24)20(22)28/h2-3,7-8,14,23-25H,1,4-5H2,(H2,22,28). The van der Waals surface area contributed by atoms with Crippen molar-refractivity contribution >= 4 is 45.8 Å². The van der Waals surface area contributed by atoms with Crippen LogP contribution in [0.2, 0.25) is 0 Å². The molecule has 28 heavy (non-hydrogen) atoms. The largest absolute Gasteiger partial charge is 0.507 e. The first-order chi connectivity index (χ1) is 13.1. The van der Waals surface area contributed by atoms with Crippen LogP contribution in [0.5, 0.6) is 5.75 Å². The molecule has 1 saturated carbocycles. The number of aliphatic hydroxyl groups excluding tert-OH is 2. The molecule has 3 atom stereocenters. The third kappa shape index (κ3) is 2.36. The highest BCUT2D eigenvalue weighted by atomic mass is 127. The van der Waals surface area contributed by atoms with Crippen LogP contribution in [0.15, 0.2) is 41.2 Å². The molecule has 0 bridgehead atoms. The lowest BCUT2D eigenvalue weighted by molar-refractivity contribution is -0.133. The minimum Gasteiger partial charge on any atom is -0.507 e. The Hall–Kier alpha value is -2.62. The number of fused-ring (bicyclic) bond motifs is 3. The molecule has 0 radical (unpaired) electrons. The molecule has 0 spiro atoms. The Morgan fingerprint density at radius 2 is 1.82 bits per heavy atom. The van der Waals surface area contributed by atoms with E-state index in [4.69, 9.17) is 5.73 Å². The lowest BCUT2D eigenvalue weighted by atomic mass is 9.60. The molecule has 4 rings (SSSR count). The number of hydrogen-bond acceptors (Lipinski definition) is 6. The van der Waals surface area contributed by atoms with Crippen LogP contribution in [-0.4, -0.2) is 32.8 Å². The number of hydrogen-bond donors (Lipinski definition) is 4. The maximum atomic E-state index is 13.2. The summed E-state index contributed by atoms with van der Waals surface area (Å²) < 4.78 is 0.836. The average Bonchev–Trinajstić information content (AvgIpc) is 2.62. The third-order valence-corrected chi connectivity index (χ3v) is 6.85. The van der Waals surface area contributed by atoms with Gasteiger partial charge in [0.1, 0.15) is 22.8 Å². The molecular weight excluding hydrogens is 477 g/mol. The second kappa shape index (κ2) is 6.20. The Morgan fingerprint density at radius 1 is 1.14 bits per heavy atom. The second-order valence-electron chi connectivity index (χ2n) is 7.24. The fraction of sp³-hybridized carbons (Fsp3) is 0.250. The highest BCUT2D eigenvalue weighted by Gasteiger charge is 2.53. The van der Waals surface area contributed by atoms with E-state index in [1.807, 2.05) is 0 Å². The highest BCUT2D eigenvalue weighted by Crippen LogP contribution is 2.51. The van der Waals surface area contributed by atoms with Crippen molar-refractivity contribution in [3.63, 3.8) is 0 Å². The van der Waals surface area contributed by atoms with E-state index < -0.39 is 46.6 Å². The summed E-state index contributed by atoms with van der Waals surface area (Å²) in [6.07, 6.45) is 0.687. The third-order valence-electron chi connectivity index (χ3n) is 5.84. The van der Waals surface area contributed by atoms with Gasteiger partial charge in [0.2, 0.25) is 0 Å². The predicted octanol–water partition coefficient (Wildman–Crippen LogP) is 2.08. The first-order valence-corrected chi connectivity index (χ1v) is 9.67. The predicted molar refractivity (Wildman–Crippen MR) is 107 cm³/mol. The quantitative estimate of drug-likeness (QED) is 0.269. The molecule has 1 amide bonds. The van der Waals surface area contributed by atoms with Gasteiger partial charge in [-0.2, -0.15) is 0 Å². The minimum atomic E-state index is -1.27. The molecule has 0 aromatic heterocycles. The zero-order valence-corrected chi connectivity index (χ0v) is 16.7. The van der Waals surface area contributed by atoms with Crippen LogP contribution >= 0.6 is 22.6 Å². The van der Waals surface area contributed by atoms with E-state index in [-0.39, 0.29) is 28.2 Å². The number of rotatable bonds is 1. The Bertz CT molecular complexity index is 1070. The van der Waals surface area contributed by atoms with Crippen molar-refractivity contribution in [2.24, 2.45) is 23.5 Å². The maximum absolute atomic E-state index is 13.2. The van der Waals surface area contributed by atoms with Gasteiger partial charge in [-0.1, -0.05) is 6.58 Å². The molecule has 3 aliphatic rings. The van der Waals surface area contributed by atoms with Crippen LogP contribution in [0.4, 0.5) is 0 Å². The summed E-state index contributed by atoms with van der Waals surface area (Å²) in [4.78, 5) is 37.6. The number of phenols is 1. The summed E-state index contributed by atoms with van der Waals surface area (Å²) in [5.74, 6) is -6.02. The van der Waals surface area contributed by atoms with Gasteiger partial charge in [-0.3, -0.25) is 14.4 Å². The first-order valence-electron chi connectivity index (χ1n) is 8.59. The number of halogens is 1. The fourth-order valence-corrected chi connectivity index (χ4v) is 5.22. The first kappa shape index (κ1) is 18.7. The van der Waals surface area contributed by atoms with Crippen LogP contribution in [-0.2, 0) is 20.8 Å². The van der Waals surface area contributed by atoms with Gasteiger partial charge in [-0.25, -0.2) is 0 Å². The second-order valence-corrected chi connectivity index (χ2v) is 8.41. The molecular formula is C20H16INO6. The van der Waals surface area contributed by atoms with Gasteiger partial charge >= 0.3 is 0 Å². The maximum Gasteiger partial charge on any atom is 0.256 e. The summed E-state index contributed by atoms with van der Waals surface area (Å²) in [5, 5.41) is 31.3. The van der Waals surface area contributed by atoms with Crippen molar-refractivity contribution in [1.82, 2.24) is 0 Å². The van der Waals surface area contributed by atoms with Gasteiger partial charge in [0.25, 0.3) is 5.91 Å². The number of allylic oxidation sites excluding steroid dienone is 2. The van der Waals surface area contributed by atoms with E-state index in [1.165, 1.54) is 6.07 Å². The van der Waals surface area contributed by atoms with Crippen molar-refractivity contribution in [3.8, 4) is 5.75 Å². The molecule has 0 heterocycles. The van der Waals surface area contributed by atoms with Crippen molar-refractivity contribution in [2.45, 2.75) is 12.8 Å². The lowest BCUT2D eigenvalue weighted by Crippen LogP contribution is -2.47. The zero-order valence-electron chi connectivity index (χ0n) is 14.5. The van der Waals surface area contributed by atoms with E-state index >= 15 is 0 Å². The molecule has 144 valence electrons. The zero-order chi connectivity index (χ0) is 20.5. The SMILES string of the molecule is C=C1C(O)=C(C(N)=O)C(=O)C2C(=O)C3=C(O)c4c(O)ccc(I)c4CC3CC12. The van der Waals surface area contributed by atoms with Crippen LogP contribution in [0.3, 0.4) is 0 Å². The van der Waals surface area contributed by atoms with E-state index in [0.717, 1.165) is 9.13 Å². The van der Waals surface area contributed by atoms with Crippen molar-refractivity contribution < 1.29 is 29.7 Å². The van der Waals surface area contributed by atoms with Gasteiger partial charge in [0.15, 0.2) is 11.6 Å². The van der Waals surface area contributed by atoms with Crippen LogP contribution < -0.4 is 5.73 Å². The number of carbonyl (C=O) groups is 3. The normalized spacial score (nSPS) is 26.8. The van der Waals surface area contributed by atoms with Crippen LogP contribution in [0, 0.1) is 21.3 Å². The van der Waals surface area contributed by atoms with Crippen LogP contribution in [0.25, 0.3) is 5.76 Å². The van der Waals surface area contributed by atoms with E-state index in [2.05, 4.69) is 29.2 Å². The number of benzene rings is 1. The molecule has 0 aliphatic heterocycles. The average molecular weight is 493 g/mol. The van der Waals surface area contributed by atoms with Gasteiger partial charge in [0.05, 0.1) is 11.5 Å². The number of carbonyl (C=O) groups excluding carboxylic acids is 3. The molecule has 7 nitrogen and oxygen atoms in total. The van der Waals surface area contributed by atoms with Crippen molar-refractivity contribution in [2.75, 3.05) is 0 Å². The van der Waals surface area contributed by atoms with Crippen molar-refractivity contribution in [1.29, 1.82) is 0 Å². The number of ketones is 2. The number of aromatic hydroxyl groups is 1. The van der Waals surface area contributed by atoms with E-state index in [9.17, 15) is 29.7 Å². The van der Waals surface area contributed by atoms with Gasteiger partial charge in [0, 0.05) is 15.1 Å². The van der Waals surface area contributed by atoms with Gasteiger partial charge in [-0.05, 0) is 64.6 Å². The Balaban J connectivity index is 1.90. The smallest absolute Gasteiger partial charge is 0.256 e. The van der Waals surface area contributed by atoms with E-state index in [0.29, 0.717) is 12.8 Å². The summed E-state index contributed by atoms with van der Waals surface area (Å²) in [7, 11) is 0. The monoisotopic (exact) mass is 493 g/mol. The molecule has 1 fully saturated rings. The summed E-state index contributed by atoms with van der Waals surface area (Å²) >= 11 is 2.10. The summed E-state index contributed by atoms with van der Waals surface area (Å²) in [6, 6.07) is 3.16. The number of amides is 1. The molecule has 8 heteroatoms. The minimum absolute atomic E-state index is 0.0670. The summed E-state index contributed by atoms with van der Waals surface area (Å²) in [6.45, 7) is 3.77. The molecule has 1 aromatic rings. The molecule has 3 unspecified atom stereocenters. The molecule has 1 aromatic carbocycles. The van der Waals surface area contributed by atoms with E-state index in [1.54, 1.807) is 6.07 Å². The highest BCUT2D eigenvalue weighted by molar-refractivity contribution is 14.1.